The Morgan fingerprint density at radius 2 is 1.27 bits per heavy atom. The molecule has 0 aliphatic heterocycles. The van der Waals surface area contributed by atoms with Crippen LogP contribution in [0.5, 0.6) is 5.75 Å². The van der Waals surface area contributed by atoms with E-state index in [4.69, 9.17) is 0 Å². The summed E-state index contributed by atoms with van der Waals surface area (Å²) in [5.74, 6) is 0.346. The molecule has 0 unspecified atom stereocenters. The molecule has 2 rings (SSSR count). The molecule has 1 N–H and O–H groups in total. The first kappa shape index (κ1) is 16.9. The van der Waals surface area contributed by atoms with Gasteiger partial charge < -0.3 is 5.11 Å². The van der Waals surface area contributed by atoms with Gasteiger partial charge in [-0.3, -0.25) is 0 Å². The Balaban J connectivity index is 1.64. The van der Waals surface area contributed by atoms with Crippen LogP contribution in [-0.4, -0.2) is 5.11 Å². The van der Waals surface area contributed by atoms with Gasteiger partial charge in [-0.2, -0.15) is 0 Å². The van der Waals surface area contributed by atoms with Crippen LogP contribution in [0.25, 0.3) is 10.8 Å². The van der Waals surface area contributed by atoms with E-state index in [1.165, 1.54) is 75.2 Å². The normalized spacial score (nSPS) is 11.1. The fourth-order valence-electron chi connectivity index (χ4n) is 3.08. The smallest absolute Gasteiger partial charge is 0.116 e. The Morgan fingerprint density at radius 3 is 2.00 bits per heavy atom. The van der Waals surface area contributed by atoms with Crippen LogP contribution < -0.4 is 0 Å². The van der Waals surface area contributed by atoms with Gasteiger partial charge in [0.1, 0.15) is 5.75 Å². The van der Waals surface area contributed by atoms with Gasteiger partial charge in [0.2, 0.25) is 0 Å². The third kappa shape index (κ3) is 5.71. The van der Waals surface area contributed by atoms with Crippen molar-refractivity contribution in [2.45, 2.75) is 71.1 Å². The molecule has 0 heterocycles. The number of fused-ring (bicyclic) bond motifs is 1. The van der Waals surface area contributed by atoms with Crippen molar-refractivity contribution >= 4 is 10.8 Å². The number of phenols is 1. The second-order valence-corrected chi connectivity index (χ2v) is 6.44. The standard InChI is InChI=1S/C21H30O/c1-2-3-4-5-6-7-8-9-10-11-18-12-13-20-17-21(22)15-14-19(20)16-18/h12-17,22H,2-11H2,1H3. The second kappa shape index (κ2) is 9.50. The number of rotatable bonds is 10. The SMILES string of the molecule is CCCCCCCCCCCc1ccc2cc(O)ccc2c1. The minimum Gasteiger partial charge on any atom is -0.508 e. The van der Waals surface area contributed by atoms with Crippen molar-refractivity contribution in [1.29, 1.82) is 0 Å². The van der Waals surface area contributed by atoms with E-state index < -0.39 is 0 Å². The number of aryl methyl sites for hydroxylation is 1. The predicted molar refractivity (Wildman–Crippen MR) is 96.5 cm³/mol. The summed E-state index contributed by atoms with van der Waals surface area (Å²) < 4.78 is 0. The van der Waals surface area contributed by atoms with E-state index in [-0.39, 0.29) is 0 Å². The van der Waals surface area contributed by atoms with Crippen molar-refractivity contribution in [1.82, 2.24) is 0 Å². The van der Waals surface area contributed by atoms with Crippen LogP contribution in [0, 0.1) is 0 Å². The molecule has 2 aromatic carbocycles. The summed E-state index contributed by atoms with van der Waals surface area (Å²) in [4.78, 5) is 0. The largest absolute Gasteiger partial charge is 0.508 e. The number of hydrogen-bond donors (Lipinski definition) is 1. The fraction of sp³-hybridized carbons (Fsp3) is 0.524. The number of hydrogen-bond acceptors (Lipinski definition) is 1. The van der Waals surface area contributed by atoms with Crippen molar-refractivity contribution in [3.05, 3.63) is 42.0 Å². The zero-order chi connectivity index (χ0) is 15.6. The van der Waals surface area contributed by atoms with E-state index in [1.807, 2.05) is 12.1 Å². The minimum absolute atomic E-state index is 0.346. The van der Waals surface area contributed by atoms with Gasteiger partial charge in [0, 0.05) is 0 Å². The first-order valence-electron chi connectivity index (χ1n) is 9.01. The van der Waals surface area contributed by atoms with Crippen molar-refractivity contribution < 1.29 is 5.11 Å². The Morgan fingerprint density at radius 1 is 0.682 bits per heavy atom. The van der Waals surface area contributed by atoms with Crippen LogP contribution in [-0.2, 0) is 6.42 Å². The third-order valence-electron chi connectivity index (χ3n) is 4.46. The molecule has 120 valence electrons. The zero-order valence-corrected chi connectivity index (χ0v) is 14.0. The molecule has 1 heteroatoms. The van der Waals surface area contributed by atoms with Crippen molar-refractivity contribution in [2.75, 3.05) is 0 Å². The van der Waals surface area contributed by atoms with Crippen LogP contribution in [0.4, 0.5) is 0 Å². The van der Waals surface area contributed by atoms with Gasteiger partial charge in [0.15, 0.2) is 0 Å². The average Bonchev–Trinajstić information content (AvgIpc) is 2.53. The zero-order valence-electron chi connectivity index (χ0n) is 14.0. The number of unbranched alkanes of at least 4 members (excludes halogenated alkanes) is 8. The number of aromatic hydroxyl groups is 1. The van der Waals surface area contributed by atoms with Crippen LogP contribution in [0.15, 0.2) is 36.4 Å². The lowest BCUT2D eigenvalue weighted by molar-refractivity contribution is 0.476. The van der Waals surface area contributed by atoms with E-state index in [0.717, 1.165) is 5.39 Å². The highest BCUT2D eigenvalue weighted by atomic mass is 16.3. The topological polar surface area (TPSA) is 20.2 Å². The Labute approximate surface area is 135 Å². The molecule has 0 aliphatic carbocycles. The summed E-state index contributed by atoms with van der Waals surface area (Å²) in [5, 5.41) is 11.8. The highest BCUT2D eigenvalue weighted by Crippen LogP contribution is 2.22. The minimum atomic E-state index is 0.346. The highest BCUT2D eigenvalue weighted by Gasteiger charge is 1.99. The molecule has 0 radical (unpaired) electrons. The summed E-state index contributed by atoms with van der Waals surface area (Å²) in [6, 6.07) is 12.2. The molecule has 2 aromatic rings. The third-order valence-corrected chi connectivity index (χ3v) is 4.46. The fourth-order valence-corrected chi connectivity index (χ4v) is 3.08. The van der Waals surface area contributed by atoms with E-state index in [0.29, 0.717) is 5.75 Å². The maximum Gasteiger partial charge on any atom is 0.116 e. The van der Waals surface area contributed by atoms with Crippen LogP contribution >= 0.6 is 0 Å². The maximum atomic E-state index is 9.49. The van der Waals surface area contributed by atoms with E-state index in [9.17, 15) is 5.11 Å². The van der Waals surface area contributed by atoms with E-state index in [1.54, 1.807) is 6.07 Å². The Bertz CT molecular complexity index is 559. The van der Waals surface area contributed by atoms with Crippen molar-refractivity contribution in [3.8, 4) is 5.75 Å². The number of benzene rings is 2. The van der Waals surface area contributed by atoms with Gasteiger partial charge in [0.05, 0.1) is 0 Å². The lowest BCUT2D eigenvalue weighted by atomic mass is 10.0. The molecule has 1 nitrogen and oxygen atoms in total. The quantitative estimate of drug-likeness (QED) is 0.489. The molecule has 0 amide bonds. The molecule has 0 saturated heterocycles. The summed E-state index contributed by atoms with van der Waals surface area (Å²) >= 11 is 0. The molecule has 0 aliphatic rings. The molecule has 22 heavy (non-hydrogen) atoms. The molecule has 0 atom stereocenters. The van der Waals surface area contributed by atoms with Crippen molar-refractivity contribution in [2.24, 2.45) is 0 Å². The molecular formula is C21H30O. The lowest BCUT2D eigenvalue weighted by Gasteiger charge is -2.05. The maximum absolute atomic E-state index is 9.49. The lowest BCUT2D eigenvalue weighted by Crippen LogP contribution is -1.87. The number of phenolic OH excluding ortho intramolecular Hbond substituents is 1. The highest BCUT2D eigenvalue weighted by molar-refractivity contribution is 5.84. The molecule has 0 fully saturated rings. The van der Waals surface area contributed by atoms with Gasteiger partial charge in [-0.25, -0.2) is 0 Å². The average molecular weight is 298 g/mol. The summed E-state index contributed by atoms with van der Waals surface area (Å²) in [5.41, 5.74) is 1.42. The van der Waals surface area contributed by atoms with Crippen molar-refractivity contribution in [3.63, 3.8) is 0 Å². The summed E-state index contributed by atoms with van der Waals surface area (Å²) in [6.45, 7) is 2.27. The van der Waals surface area contributed by atoms with Gasteiger partial charge in [-0.05, 0) is 41.3 Å². The second-order valence-electron chi connectivity index (χ2n) is 6.44. The molecule has 0 aromatic heterocycles. The van der Waals surface area contributed by atoms with Crippen LogP contribution in [0.2, 0.25) is 0 Å². The Hall–Kier alpha value is -1.50. The van der Waals surface area contributed by atoms with Crippen LogP contribution in [0.1, 0.15) is 70.3 Å². The van der Waals surface area contributed by atoms with Crippen LogP contribution in [0.3, 0.4) is 0 Å². The van der Waals surface area contributed by atoms with E-state index in [2.05, 4.69) is 25.1 Å². The molecular weight excluding hydrogens is 268 g/mol. The molecule has 0 bridgehead atoms. The summed E-state index contributed by atoms with van der Waals surface area (Å²) in [7, 11) is 0. The first-order valence-corrected chi connectivity index (χ1v) is 9.01. The van der Waals surface area contributed by atoms with Gasteiger partial charge in [0.25, 0.3) is 0 Å². The monoisotopic (exact) mass is 298 g/mol. The molecule has 0 saturated carbocycles. The molecule has 0 spiro atoms. The Kier molecular flexibility index (Phi) is 7.28. The van der Waals surface area contributed by atoms with Gasteiger partial charge >= 0.3 is 0 Å². The summed E-state index contributed by atoms with van der Waals surface area (Å²) in [6.07, 6.45) is 13.6. The van der Waals surface area contributed by atoms with Gasteiger partial charge in [-0.1, -0.05) is 82.6 Å². The van der Waals surface area contributed by atoms with Gasteiger partial charge in [-0.15, -0.1) is 0 Å². The van der Waals surface area contributed by atoms with E-state index >= 15 is 0 Å². The first-order chi connectivity index (χ1) is 10.8. The predicted octanol–water partition coefficient (Wildman–Crippen LogP) is 6.62.